The van der Waals surface area contributed by atoms with Crippen LogP contribution in [0.25, 0.3) is 5.69 Å². The topological polar surface area (TPSA) is 71.0 Å². The fourth-order valence-corrected chi connectivity index (χ4v) is 1.47. The second-order valence-corrected chi connectivity index (χ2v) is 3.31. The summed E-state index contributed by atoms with van der Waals surface area (Å²) in [5.41, 5.74) is 2.17. The summed E-state index contributed by atoms with van der Waals surface area (Å²) in [4.78, 5) is 14.4. The maximum absolute atomic E-state index is 10.4. The zero-order valence-corrected chi connectivity index (χ0v) is 8.58. The van der Waals surface area contributed by atoms with Gasteiger partial charge in [-0.2, -0.15) is 5.26 Å². The molecular formula is C11H8N4O. The standard InChI is InChI=1S/C11H8N4O/c1-8-6-13-7-15(8)10-2-3-11(14-16)9(4-10)5-12/h2-4,6-7H,1H3. The molecule has 5 nitrogen and oxygen atoms in total. The first-order valence-corrected chi connectivity index (χ1v) is 4.63. The molecule has 0 N–H and O–H groups in total. The summed E-state index contributed by atoms with van der Waals surface area (Å²) in [6.45, 7) is 1.91. The van der Waals surface area contributed by atoms with Crippen LogP contribution in [0, 0.1) is 23.2 Å². The Kier molecular flexibility index (Phi) is 2.48. The molecule has 2 rings (SSSR count). The van der Waals surface area contributed by atoms with E-state index in [9.17, 15) is 4.91 Å². The molecule has 0 radical (unpaired) electrons. The van der Waals surface area contributed by atoms with E-state index in [0.29, 0.717) is 0 Å². The second-order valence-electron chi connectivity index (χ2n) is 3.31. The first-order chi connectivity index (χ1) is 7.76. The second kappa shape index (κ2) is 3.95. The summed E-state index contributed by atoms with van der Waals surface area (Å²) >= 11 is 0. The Bertz CT molecular complexity index is 580. The van der Waals surface area contributed by atoms with Crippen molar-refractivity contribution in [2.75, 3.05) is 0 Å². The Balaban J connectivity index is 2.57. The Morgan fingerprint density at radius 2 is 2.31 bits per heavy atom. The van der Waals surface area contributed by atoms with Gasteiger partial charge in [-0.25, -0.2) is 4.98 Å². The van der Waals surface area contributed by atoms with Crippen molar-refractivity contribution in [3.63, 3.8) is 0 Å². The number of nitrogens with zero attached hydrogens (tertiary/aromatic N) is 4. The molecule has 5 heteroatoms. The Morgan fingerprint density at radius 3 is 2.88 bits per heavy atom. The average molecular weight is 212 g/mol. The van der Waals surface area contributed by atoms with E-state index < -0.39 is 0 Å². The third kappa shape index (κ3) is 1.57. The molecule has 0 aliphatic heterocycles. The van der Waals surface area contributed by atoms with Crippen LogP contribution in [0.4, 0.5) is 5.69 Å². The summed E-state index contributed by atoms with van der Waals surface area (Å²) in [5.74, 6) is 0. The van der Waals surface area contributed by atoms with Gasteiger partial charge in [0.05, 0.1) is 11.9 Å². The van der Waals surface area contributed by atoms with Crippen molar-refractivity contribution < 1.29 is 0 Å². The first kappa shape index (κ1) is 10.1. The van der Waals surface area contributed by atoms with Gasteiger partial charge < -0.3 is 4.57 Å². The van der Waals surface area contributed by atoms with Crippen molar-refractivity contribution in [2.45, 2.75) is 6.92 Å². The zero-order chi connectivity index (χ0) is 11.5. The molecule has 0 unspecified atom stereocenters. The van der Waals surface area contributed by atoms with E-state index in [1.54, 1.807) is 24.7 Å². The molecule has 0 atom stereocenters. The first-order valence-electron chi connectivity index (χ1n) is 4.63. The molecule has 1 heterocycles. The van der Waals surface area contributed by atoms with Gasteiger partial charge in [-0.1, -0.05) is 0 Å². The molecule has 78 valence electrons. The molecule has 0 aliphatic rings. The van der Waals surface area contributed by atoms with Crippen LogP contribution in [0.15, 0.2) is 35.9 Å². The highest BCUT2D eigenvalue weighted by atomic mass is 16.3. The molecule has 0 saturated heterocycles. The predicted molar refractivity (Wildman–Crippen MR) is 58.5 cm³/mol. The average Bonchev–Trinajstić information content (AvgIpc) is 2.74. The maximum atomic E-state index is 10.4. The van der Waals surface area contributed by atoms with E-state index in [2.05, 4.69) is 10.2 Å². The van der Waals surface area contributed by atoms with E-state index in [-0.39, 0.29) is 11.3 Å². The molecule has 1 aromatic heterocycles. The van der Waals surface area contributed by atoms with Gasteiger partial charge in [0.1, 0.15) is 11.8 Å². The molecule has 0 saturated carbocycles. The minimum absolute atomic E-state index is 0.156. The lowest BCUT2D eigenvalue weighted by Gasteiger charge is -2.05. The van der Waals surface area contributed by atoms with E-state index in [1.807, 2.05) is 17.6 Å². The van der Waals surface area contributed by atoms with Crippen LogP contribution in [-0.4, -0.2) is 9.55 Å². The zero-order valence-electron chi connectivity index (χ0n) is 8.58. The smallest absolute Gasteiger partial charge is 0.125 e. The van der Waals surface area contributed by atoms with Crippen LogP contribution in [0.2, 0.25) is 0 Å². The summed E-state index contributed by atoms with van der Waals surface area (Å²) in [6, 6.07) is 6.81. The lowest BCUT2D eigenvalue weighted by atomic mass is 10.1. The molecule has 1 aromatic carbocycles. The van der Waals surface area contributed by atoms with E-state index in [4.69, 9.17) is 5.26 Å². The Hall–Kier alpha value is -2.48. The molecule has 2 aromatic rings. The number of imidazole rings is 1. The van der Waals surface area contributed by atoms with Crippen LogP contribution in [0.3, 0.4) is 0 Å². The summed E-state index contributed by atoms with van der Waals surface area (Å²) in [7, 11) is 0. The number of aromatic nitrogens is 2. The van der Waals surface area contributed by atoms with Crippen molar-refractivity contribution in [3.05, 3.63) is 46.9 Å². The third-order valence-electron chi connectivity index (χ3n) is 2.30. The Labute approximate surface area is 91.9 Å². The number of nitroso groups, excluding NO2 is 1. The van der Waals surface area contributed by atoms with Crippen LogP contribution >= 0.6 is 0 Å². The van der Waals surface area contributed by atoms with Crippen molar-refractivity contribution in [1.29, 1.82) is 5.26 Å². The fraction of sp³-hybridized carbons (Fsp3) is 0.0909. The highest BCUT2D eigenvalue weighted by Gasteiger charge is 2.06. The van der Waals surface area contributed by atoms with Crippen molar-refractivity contribution in [1.82, 2.24) is 9.55 Å². The fourth-order valence-electron chi connectivity index (χ4n) is 1.47. The SMILES string of the molecule is Cc1cncn1-c1ccc(N=O)c(C#N)c1. The van der Waals surface area contributed by atoms with Gasteiger partial charge >= 0.3 is 0 Å². The van der Waals surface area contributed by atoms with E-state index in [1.165, 1.54) is 6.07 Å². The lowest BCUT2D eigenvalue weighted by molar-refractivity contribution is 1.00. The highest BCUT2D eigenvalue weighted by molar-refractivity contribution is 5.57. The van der Waals surface area contributed by atoms with Gasteiger partial charge in [-0.3, -0.25) is 0 Å². The van der Waals surface area contributed by atoms with Crippen molar-refractivity contribution >= 4 is 5.69 Å². The van der Waals surface area contributed by atoms with Gasteiger partial charge in [0, 0.05) is 17.6 Å². The molecule has 0 aliphatic carbocycles. The van der Waals surface area contributed by atoms with Crippen LogP contribution in [0.5, 0.6) is 0 Å². The van der Waals surface area contributed by atoms with E-state index >= 15 is 0 Å². The number of rotatable bonds is 2. The molecule has 0 spiro atoms. The van der Waals surface area contributed by atoms with Gasteiger partial charge in [-0.15, -0.1) is 4.91 Å². The van der Waals surface area contributed by atoms with Crippen LogP contribution in [-0.2, 0) is 0 Å². The number of nitriles is 1. The maximum Gasteiger partial charge on any atom is 0.125 e. The minimum atomic E-state index is 0.156. The largest absolute Gasteiger partial charge is 0.304 e. The summed E-state index contributed by atoms with van der Waals surface area (Å²) in [5, 5.41) is 11.7. The molecule has 16 heavy (non-hydrogen) atoms. The van der Waals surface area contributed by atoms with Gasteiger partial charge in [0.25, 0.3) is 0 Å². The van der Waals surface area contributed by atoms with Gasteiger partial charge in [0.2, 0.25) is 0 Å². The van der Waals surface area contributed by atoms with Gasteiger partial charge in [0.15, 0.2) is 0 Å². The molecule has 0 amide bonds. The van der Waals surface area contributed by atoms with Crippen LogP contribution in [0.1, 0.15) is 11.3 Å². The Morgan fingerprint density at radius 1 is 1.50 bits per heavy atom. The molecule has 0 fully saturated rings. The quantitative estimate of drug-likeness (QED) is 0.718. The lowest BCUT2D eigenvalue weighted by Crippen LogP contribution is -1.94. The van der Waals surface area contributed by atoms with E-state index in [0.717, 1.165) is 11.4 Å². The number of aryl methyl sites for hydroxylation is 1. The summed E-state index contributed by atoms with van der Waals surface area (Å²) < 4.78 is 1.83. The number of hydrogen-bond donors (Lipinski definition) is 0. The molecule has 0 bridgehead atoms. The van der Waals surface area contributed by atoms with Crippen molar-refractivity contribution in [3.8, 4) is 11.8 Å². The monoisotopic (exact) mass is 212 g/mol. The van der Waals surface area contributed by atoms with Crippen molar-refractivity contribution in [2.24, 2.45) is 5.18 Å². The minimum Gasteiger partial charge on any atom is -0.304 e. The third-order valence-corrected chi connectivity index (χ3v) is 2.30. The normalized spacial score (nSPS) is 9.75. The predicted octanol–water partition coefficient (Wildman–Crippen LogP) is 2.45. The van der Waals surface area contributed by atoms with Gasteiger partial charge in [-0.05, 0) is 30.3 Å². The summed E-state index contributed by atoms with van der Waals surface area (Å²) in [6.07, 6.45) is 3.37. The number of hydrogen-bond acceptors (Lipinski definition) is 4. The molecular weight excluding hydrogens is 204 g/mol. The highest BCUT2D eigenvalue weighted by Crippen LogP contribution is 2.22. The van der Waals surface area contributed by atoms with Crippen LogP contribution < -0.4 is 0 Å². The number of benzene rings is 1.